The predicted octanol–water partition coefficient (Wildman–Crippen LogP) is 4.93. The van der Waals surface area contributed by atoms with Crippen molar-refractivity contribution in [3.8, 4) is 5.75 Å². The van der Waals surface area contributed by atoms with Gasteiger partial charge < -0.3 is 19.1 Å². The quantitative estimate of drug-likeness (QED) is 0.271. The van der Waals surface area contributed by atoms with E-state index in [0.717, 1.165) is 10.1 Å². The Kier molecular flexibility index (Phi) is 8.63. The molecule has 0 radical (unpaired) electrons. The summed E-state index contributed by atoms with van der Waals surface area (Å²) in [6.45, 7) is 2.08. The highest BCUT2D eigenvalue weighted by Crippen LogP contribution is 2.47. The molecule has 0 aliphatic rings. The first-order chi connectivity index (χ1) is 15.8. The first kappa shape index (κ1) is 24.9. The lowest BCUT2D eigenvalue weighted by atomic mass is 10.2. The van der Waals surface area contributed by atoms with Gasteiger partial charge in [-0.25, -0.2) is 9.88 Å². The van der Waals surface area contributed by atoms with E-state index in [9.17, 15) is 19.3 Å². The number of benzene rings is 2. The van der Waals surface area contributed by atoms with Crippen LogP contribution in [0.3, 0.4) is 0 Å². The molecule has 0 spiro atoms. The van der Waals surface area contributed by atoms with Crippen LogP contribution in [0.5, 0.6) is 5.75 Å². The van der Waals surface area contributed by atoms with Crippen LogP contribution in [0.15, 0.2) is 54.6 Å². The van der Waals surface area contributed by atoms with Crippen molar-refractivity contribution in [1.29, 1.82) is 0 Å². The SMILES string of the molecule is CCCOC(=O)[C@H](COC)NP(=O)(Cc1ccc2sc(C(=O)O)cc2c1)Oc1ccccc1. The first-order valence-corrected chi connectivity index (χ1v) is 13.0. The lowest BCUT2D eigenvalue weighted by Crippen LogP contribution is -2.41. The Labute approximate surface area is 196 Å². The second-order valence-corrected chi connectivity index (χ2v) is 10.5. The molecule has 10 heteroatoms. The van der Waals surface area contributed by atoms with Gasteiger partial charge in [-0.15, -0.1) is 11.3 Å². The van der Waals surface area contributed by atoms with E-state index in [1.54, 1.807) is 48.5 Å². The van der Waals surface area contributed by atoms with Crippen LogP contribution in [0.25, 0.3) is 10.1 Å². The molecule has 1 heterocycles. The second kappa shape index (κ2) is 11.4. The summed E-state index contributed by atoms with van der Waals surface area (Å²) in [5.74, 6) is -1.18. The Morgan fingerprint density at radius 3 is 2.58 bits per heavy atom. The van der Waals surface area contributed by atoms with Gasteiger partial charge in [0.2, 0.25) is 0 Å². The van der Waals surface area contributed by atoms with E-state index in [0.29, 0.717) is 17.7 Å². The average molecular weight is 492 g/mol. The molecule has 0 bridgehead atoms. The number of fused-ring (bicyclic) bond motifs is 1. The van der Waals surface area contributed by atoms with Crippen LogP contribution in [0.2, 0.25) is 0 Å². The van der Waals surface area contributed by atoms with Crippen molar-refractivity contribution < 1.29 is 33.3 Å². The topological polar surface area (TPSA) is 111 Å². The van der Waals surface area contributed by atoms with E-state index < -0.39 is 25.5 Å². The zero-order chi connectivity index (χ0) is 23.8. The molecule has 0 saturated carbocycles. The second-order valence-electron chi connectivity index (χ2n) is 7.33. The van der Waals surface area contributed by atoms with Gasteiger partial charge in [0, 0.05) is 11.8 Å². The number of hydrogen-bond acceptors (Lipinski definition) is 7. The summed E-state index contributed by atoms with van der Waals surface area (Å²) in [7, 11) is -2.23. The molecule has 2 atom stereocenters. The number of aromatic carboxylic acids is 1. The maximum Gasteiger partial charge on any atom is 0.345 e. The highest BCUT2D eigenvalue weighted by Gasteiger charge is 2.33. The van der Waals surface area contributed by atoms with Crippen LogP contribution in [-0.4, -0.2) is 43.4 Å². The van der Waals surface area contributed by atoms with E-state index in [-0.39, 0.29) is 24.3 Å². The Hall–Kier alpha value is -2.71. The summed E-state index contributed by atoms with van der Waals surface area (Å²) in [4.78, 5) is 24.0. The lowest BCUT2D eigenvalue weighted by molar-refractivity contribution is -0.147. The Bertz CT molecular complexity index is 1150. The minimum atomic E-state index is -3.67. The maximum absolute atomic E-state index is 14.0. The van der Waals surface area contributed by atoms with Gasteiger partial charge in [-0.2, -0.15) is 0 Å². The first-order valence-electron chi connectivity index (χ1n) is 10.4. The molecule has 0 aliphatic heterocycles. The summed E-state index contributed by atoms with van der Waals surface area (Å²) in [6.07, 6.45) is 0.625. The standard InChI is InChI=1S/C23H26NO7PS/c1-3-11-30-23(27)19(14-29-2)24-32(28,31-18-7-5-4-6-8-18)15-16-9-10-20-17(12-16)13-21(33-20)22(25)26/h4-10,12-13,19H,3,11,14-15H2,1-2H3,(H,24,28)(H,25,26)/t19-,32?/m0/s1. The van der Waals surface area contributed by atoms with Crippen LogP contribution in [0, 0.1) is 0 Å². The van der Waals surface area contributed by atoms with Gasteiger partial charge in [0.05, 0.1) is 19.4 Å². The van der Waals surface area contributed by atoms with E-state index in [4.69, 9.17) is 14.0 Å². The van der Waals surface area contributed by atoms with Gasteiger partial charge in [-0.3, -0.25) is 9.36 Å². The lowest BCUT2D eigenvalue weighted by Gasteiger charge is -2.25. The fourth-order valence-electron chi connectivity index (χ4n) is 3.16. The molecule has 2 N–H and O–H groups in total. The van der Waals surface area contributed by atoms with E-state index in [1.165, 1.54) is 18.4 Å². The molecule has 1 aromatic heterocycles. The third-order valence-corrected chi connectivity index (χ3v) is 7.69. The van der Waals surface area contributed by atoms with Crippen molar-refractivity contribution in [3.05, 3.63) is 65.0 Å². The van der Waals surface area contributed by atoms with Crippen molar-refractivity contribution in [2.24, 2.45) is 0 Å². The molecule has 0 amide bonds. The number of carbonyl (C=O) groups excluding carboxylic acids is 1. The molecule has 33 heavy (non-hydrogen) atoms. The number of carboxylic acid groups (broad SMARTS) is 1. The number of nitrogens with one attached hydrogen (secondary N) is 1. The highest BCUT2D eigenvalue weighted by atomic mass is 32.1. The summed E-state index contributed by atoms with van der Waals surface area (Å²) in [6, 6.07) is 14.6. The van der Waals surface area contributed by atoms with Gasteiger partial charge in [-0.05, 0) is 47.7 Å². The largest absolute Gasteiger partial charge is 0.477 e. The number of para-hydroxylation sites is 1. The number of thiophene rings is 1. The minimum Gasteiger partial charge on any atom is -0.477 e. The molecular weight excluding hydrogens is 465 g/mol. The number of methoxy groups -OCH3 is 1. The van der Waals surface area contributed by atoms with Gasteiger partial charge >= 0.3 is 19.5 Å². The summed E-state index contributed by atoms with van der Waals surface area (Å²) in [5.41, 5.74) is 0.669. The molecule has 0 aliphatic carbocycles. The molecule has 1 unspecified atom stereocenters. The Balaban J connectivity index is 1.90. The molecule has 8 nitrogen and oxygen atoms in total. The van der Waals surface area contributed by atoms with Crippen LogP contribution < -0.4 is 9.61 Å². The minimum absolute atomic E-state index is 0.0304. The van der Waals surface area contributed by atoms with Crippen molar-refractivity contribution in [2.75, 3.05) is 20.3 Å². The summed E-state index contributed by atoms with van der Waals surface area (Å²) >= 11 is 1.17. The van der Waals surface area contributed by atoms with E-state index in [1.807, 2.05) is 13.0 Å². The summed E-state index contributed by atoms with van der Waals surface area (Å²) in [5, 5.41) is 12.8. The fourth-order valence-corrected chi connectivity index (χ4v) is 6.04. The zero-order valence-electron chi connectivity index (χ0n) is 18.4. The molecule has 3 aromatic rings. The smallest absolute Gasteiger partial charge is 0.345 e. The van der Waals surface area contributed by atoms with Gasteiger partial charge in [0.15, 0.2) is 0 Å². The van der Waals surface area contributed by atoms with Gasteiger partial charge in [0.1, 0.15) is 16.7 Å². The van der Waals surface area contributed by atoms with Gasteiger partial charge in [-0.1, -0.05) is 31.2 Å². The van der Waals surface area contributed by atoms with Crippen molar-refractivity contribution in [3.63, 3.8) is 0 Å². The monoisotopic (exact) mass is 491 g/mol. The van der Waals surface area contributed by atoms with Crippen molar-refractivity contribution >= 4 is 40.9 Å². The number of rotatable bonds is 12. The number of carbonyl (C=O) groups is 2. The predicted molar refractivity (Wildman–Crippen MR) is 127 cm³/mol. The van der Waals surface area contributed by atoms with E-state index in [2.05, 4.69) is 5.09 Å². The van der Waals surface area contributed by atoms with Crippen molar-refractivity contribution in [1.82, 2.24) is 5.09 Å². The van der Waals surface area contributed by atoms with Crippen LogP contribution >= 0.6 is 18.9 Å². The molecular formula is C23H26NO7PS. The molecule has 0 fully saturated rings. The normalized spacial score (nSPS) is 13.9. The number of esters is 1. The Morgan fingerprint density at radius 2 is 1.91 bits per heavy atom. The van der Waals surface area contributed by atoms with Crippen LogP contribution in [-0.2, 0) is 25.0 Å². The zero-order valence-corrected chi connectivity index (χ0v) is 20.1. The third-order valence-electron chi connectivity index (χ3n) is 4.60. The van der Waals surface area contributed by atoms with Gasteiger partial charge in [0.25, 0.3) is 0 Å². The molecule has 176 valence electrons. The maximum atomic E-state index is 14.0. The van der Waals surface area contributed by atoms with Crippen LogP contribution in [0.4, 0.5) is 0 Å². The summed E-state index contributed by atoms with van der Waals surface area (Å²) < 4.78 is 31.0. The van der Waals surface area contributed by atoms with E-state index >= 15 is 0 Å². The number of hydrogen-bond donors (Lipinski definition) is 2. The molecule has 3 rings (SSSR count). The van der Waals surface area contributed by atoms with Crippen LogP contribution in [0.1, 0.15) is 28.6 Å². The molecule has 2 aromatic carbocycles. The average Bonchev–Trinajstić information content (AvgIpc) is 3.21. The third kappa shape index (κ3) is 6.88. The number of ether oxygens (including phenoxy) is 2. The highest BCUT2D eigenvalue weighted by molar-refractivity contribution is 7.56. The van der Waals surface area contributed by atoms with Crippen molar-refractivity contribution in [2.45, 2.75) is 25.5 Å². The molecule has 0 saturated heterocycles. The fraction of sp³-hybridized carbons (Fsp3) is 0.304. The Morgan fingerprint density at radius 1 is 1.15 bits per heavy atom. The number of carboxylic acids is 1.